The molecule has 0 heterocycles. The Morgan fingerprint density at radius 2 is 1.71 bits per heavy atom. The molecule has 0 aromatic rings. The van der Waals surface area contributed by atoms with Gasteiger partial charge in [-0.1, -0.05) is 12.8 Å². The summed E-state index contributed by atoms with van der Waals surface area (Å²) < 4.78 is 4.57. The fraction of sp³-hybridized carbons (Fsp3) is 0.778. The summed E-state index contributed by atoms with van der Waals surface area (Å²) in [5.41, 5.74) is 0. The number of ether oxygens (including phenoxy) is 1. The van der Waals surface area contributed by atoms with Gasteiger partial charge in [-0.15, -0.1) is 0 Å². The van der Waals surface area contributed by atoms with Crippen molar-refractivity contribution in [1.82, 2.24) is 0 Å². The van der Waals surface area contributed by atoms with Crippen molar-refractivity contribution in [2.75, 3.05) is 7.11 Å². The van der Waals surface area contributed by atoms with Gasteiger partial charge in [0.1, 0.15) is 0 Å². The third kappa shape index (κ3) is 3.58. The molecule has 0 aromatic carbocycles. The van der Waals surface area contributed by atoms with Crippen LogP contribution < -0.4 is 0 Å². The van der Waals surface area contributed by atoms with E-state index in [0.29, 0.717) is 12.8 Å². The number of esters is 1. The van der Waals surface area contributed by atoms with E-state index in [1.54, 1.807) is 0 Å². The molecule has 1 aliphatic rings. The van der Waals surface area contributed by atoms with Gasteiger partial charge in [-0.3, -0.25) is 9.59 Å². The molecular weight excluding hydrogens is 309 g/mol. The first-order chi connectivity index (χ1) is 6.16. The van der Waals surface area contributed by atoms with Crippen molar-refractivity contribution in [2.24, 2.45) is 11.8 Å². The molecule has 0 saturated heterocycles. The molecule has 1 rings (SSSR count). The van der Waals surface area contributed by atoms with E-state index >= 15 is 0 Å². The summed E-state index contributed by atoms with van der Waals surface area (Å²) in [7, 11) is 1.30. The van der Waals surface area contributed by atoms with Crippen molar-refractivity contribution in [3.05, 3.63) is 0 Å². The maximum atomic E-state index is 11.2. The quantitative estimate of drug-likeness (QED) is 0.579. The Morgan fingerprint density at radius 1 is 1.21 bits per heavy atom. The number of aliphatic carboxylic acids is 1. The molecule has 0 radical (unpaired) electrons. The third-order valence-corrected chi connectivity index (χ3v) is 2.59. The normalized spacial score (nSPS) is 26.1. The van der Waals surface area contributed by atoms with Gasteiger partial charge in [0.25, 0.3) is 0 Å². The first-order valence-corrected chi connectivity index (χ1v) is 4.47. The van der Waals surface area contributed by atoms with Gasteiger partial charge in [-0.05, 0) is 12.8 Å². The van der Waals surface area contributed by atoms with Crippen LogP contribution in [0.25, 0.3) is 0 Å². The molecule has 78 valence electrons. The van der Waals surface area contributed by atoms with Crippen molar-refractivity contribution in [3.8, 4) is 0 Å². The van der Waals surface area contributed by atoms with Crippen LogP contribution in [0.3, 0.4) is 0 Å². The van der Waals surface area contributed by atoms with Crippen LogP contribution in [0.1, 0.15) is 25.7 Å². The van der Waals surface area contributed by atoms with Crippen molar-refractivity contribution in [3.63, 3.8) is 0 Å². The van der Waals surface area contributed by atoms with Crippen LogP contribution in [0.15, 0.2) is 0 Å². The van der Waals surface area contributed by atoms with E-state index in [0.717, 1.165) is 12.8 Å². The minimum atomic E-state index is -0.880. The van der Waals surface area contributed by atoms with E-state index in [-0.39, 0.29) is 54.9 Å². The predicted molar refractivity (Wildman–Crippen MR) is 53.6 cm³/mol. The Kier molecular flexibility index (Phi) is 7.15. The second-order valence-corrected chi connectivity index (χ2v) is 3.36. The zero-order valence-corrected chi connectivity index (χ0v) is 7.66. The Morgan fingerprint density at radius 3 is 2.14 bits per heavy atom. The Balaban J connectivity index is 0.00000169. The van der Waals surface area contributed by atoms with Gasteiger partial charge in [0.05, 0.1) is 18.9 Å². The molecule has 1 saturated carbocycles. The Labute approximate surface area is 123 Å². The number of carboxylic acid groups (broad SMARTS) is 1. The van der Waals surface area contributed by atoms with Crippen molar-refractivity contribution in [1.29, 1.82) is 0 Å². The van der Waals surface area contributed by atoms with Crippen LogP contribution in [0.2, 0.25) is 0 Å². The van der Waals surface area contributed by atoms with Crippen LogP contribution >= 0.6 is 0 Å². The molecule has 0 amide bonds. The predicted octanol–water partition coefficient (Wildman–Crippen LogP) is 0.134. The van der Waals surface area contributed by atoms with Gasteiger partial charge >= 0.3 is 60.8 Å². The van der Waals surface area contributed by atoms with Crippen molar-refractivity contribution >= 4 is 60.8 Å². The first-order valence-electron chi connectivity index (χ1n) is 4.47. The second kappa shape index (κ2) is 6.90. The number of rotatable bonds is 2. The summed E-state index contributed by atoms with van der Waals surface area (Å²) in [4.78, 5) is 22.0. The summed E-state index contributed by atoms with van der Waals surface area (Å²) in [6.45, 7) is 0. The van der Waals surface area contributed by atoms with Crippen LogP contribution in [0.5, 0.6) is 0 Å². The molecule has 0 aliphatic heterocycles. The van der Waals surface area contributed by atoms with E-state index < -0.39 is 17.8 Å². The van der Waals surface area contributed by atoms with Crippen molar-refractivity contribution in [2.45, 2.75) is 25.7 Å². The number of carboxylic acids is 1. The zero-order chi connectivity index (χ0) is 9.84. The molecule has 2 atom stereocenters. The van der Waals surface area contributed by atoms with E-state index in [1.807, 2.05) is 0 Å². The zero-order valence-electron chi connectivity index (χ0n) is 7.66. The molecule has 1 fully saturated rings. The topological polar surface area (TPSA) is 63.6 Å². The summed E-state index contributed by atoms with van der Waals surface area (Å²) >= 11 is 0. The maximum absolute atomic E-state index is 11.2. The molecule has 1 N–H and O–H groups in total. The molecule has 14 heavy (non-hydrogen) atoms. The Bertz CT molecular complexity index is 217. The van der Waals surface area contributed by atoms with Gasteiger partial charge in [0, 0.05) is 0 Å². The molecule has 0 aromatic heterocycles. The van der Waals surface area contributed by atoms with Gasteiger partial charge < -0.3 is 9.84 Å². The molecule has 4 nitrogen and oxygen atoms in total. The average Bonchev–Trinajstić information content (AvgIpc) is 2.16. The summed E-state index contributed by atoms with van der Waals surface area (Å²) in [5.74, 6) is -2.24. The third-order valence-electron chi connectivity index (χ3n) is 2.59. The van der Waals surface area contributed by atoms with Gasteiger partial charge in [0.2, 0.25) is 0 Å². The van der Waals surface area contributed by atoms with E-state index in [4.69, 9.17) is 5.11 Å². The molecule has 2 unspecified atom stereocenters. The van der Waals surface area contributed by atoms with E-state index in [2.05, 4.69) is 4.74 Å². The monoisotopic (exact) mass is 326 g/mol. The standard InChI is InChI=1S/C9H14O4.Ba.2H/c1-13-9(12)7-5-3-2-4-6(7)8(10)11;;;/h6-7H,2-5H2,1H3,(H,10,11);;;. The number of hydrogen-bond acceptors (Lipinski definition) is 3. The van der Waals surface area contributed by atoms with E-state index in [1.165, 1.54) is 7.11 Å². The fourth-order valence-electron chi connectivity index (χ4n) is 1.86. The SMILES string of the molecule is COC(=O)C1CCCCC1C(=O)O.[BaH2]. The van der Waals surface area contributed by atoms with Crippen molar-refractivity contribution < 1.29 is 19.4 Å². The molecule has 5 heteroatoms. The van der Waals surface area contributed by atoms with Crippen LogP contribution in [0, 0.1) is 11.8 Å². The molecule has 0 spiro atoms. The summed E-state index contributed by atoms with van der Waals surface area (Å²) in [5, 5.41) is 8.85. The number of methoxy groups -OCH3 is 1. The molecule has 0 bridgehead atoms. The number of carbonyl (C=O) groups is 2. The van der Waals surface area contributed by atoms with Crippen LogP contribution in [-0.2, 0) is 14.3 Å². The van der Waals surface area contributed by atoms with Gasteiger partial charge in [-0.2, -0.15) is 0 Å². The van der Waals surface area contributed by atoms with Gasteiger partial charge in [0.15, 0.2) is 0 Å². The fourth-order valence-corrected chi connectivity index (χ4v) is 1.86. The van der Waals surface area contributed by atoms with Crippen LogP contribution in [-0.4, -0.2) is 73.0 Å². The first kappa shape index (κ1) is 14.5. The summed E-state index contributed by atoms with van der Waals surface area (Å²) in [6.07, 6.45) is 3.05. The second-order valence-electron chi connectivity index (χ2n) is 3.36. The molecule has 1 aliphatic carbocycles. The Hall–Kier alpha value is 0.511. The minimum absolute atomic E-state index is 0. The number of carbonyl (C=O) groups excluding carboxylic acids is 1. The average molecular weight is 326 g/mol. The van der Waals surface area contributed by atoms with Gasteiger partial charge in [-0.25, -0.2) is 0 Å². The number of hydrogen-bond donors (Lipinski definition) is 1. The molecular formula is C9H16BaO4. The summed E-state index contributed by atoms with van der Waals surface area (Å²) in [6, 6.07) is 0. The van der Waals surface area contributed by atoms with E-state index in [9.17, 15) is 9.59 Å². The van der Waals surface area contributed by atoms with Crippen LogP contribution in [0.4, 0.5) is 0 Å².